The molecule has 1 aromatic carbocycles. The number of ether oxygens (including phenoxy) is 2. The number of fused-ring (bicyclic) bond motifs is 1. The highest BCUT2D eigenvalue weighted by atomic mass is 16.5. The molecule has 29 heavy (non-hydrogen) atoms. The molecule has 0 saturated carbocycles. The first-order valence-corrected chi connectivity index (χ1v) is 10.5. The molecular formula is C23H33N3O3. The van der Waals surface area contributed by atoms with Crippen molar-refractivity contribution >= 4 is 5.91 Å². The van der Waals surface area contributed by atoms with Crippen molar-refractivity contribution in [2.75, 3.05) is 13.2 Å². The van der Waals surface area contributed by atoms with E-state index in [9.17, 15) is 4.79 Å². The Kier molecular flexibility index (Phi) is 6.50. The summed E-state index contributed by atoms with van der Waals surface area (Å²) in [5.41, 5.74) is 4.35. The topological polar surface area (TPSA) is 65.4 Å². The molecule has 2 unspecified atom stereocenters. The van der Waals surface area contributed by atoms with Gasteiger partial charge in [0, 0.05) is 12.1 Å². The first kappa shape index (κ1) is 21.2. The fourth-order valence-corrected chi connectivity index (χ4v) is 3.61. The summed E-state index contributed by atoms with van der Waals surface area (Å²) in [7, 11) is 0. The number of nitrogens with one attached hydrogen (secondary N) is 1. The zero-order chi connectivity index (χ0) is 21.1. The fourth-order valence-electron chi connectivity index (χ4n) is 3.61. The van der Waals surface area contributed by atoms with Gasteiger partial charge in [-0.3, -0.25) is 9.48 Å². The Morgan fingerprint density at radius 3 is 2.45 bits per heavy atom. The molecule has 0 radical (unpaired) electrons. The van der Waals surface area contributed by atoms with Crippen molar-refractivity contribution in [3.63, 3.8) is 0 Å². The average molecular weight is 400 g/mol. The number of amides is 1. The number of nitrogens with zero attached hydrogens (tertiary/aromatic N) is 2. The molecule has 0 bridgehead atoms. The molecule has 1 aromatic heterocycles. The lowest BCUT2D eigenvalue weighted by Gasteiger charge is -2.25. The quantitative estimate of drug-likeness (QED) is 0.794. The van der Waals surface area contributed by atoms with Crippen LogP contribution in [0.5, 0.6) is 11.5 Å². The number of hydrogen-bond donors (Lipinski definition) is 1. The highest BCUT2D eigenvalue weighted by Gasteiger charge is 2.24. The zero-order valence-corrected chi connectivity index (χ0v) is 18.4. The maximum absolute atomic E-state index is 13.0. The molecule has 2 atom stereocenters. The first-order valence-electron chi connectivity index (χ1n) is 10.5. The smallest absolute Gasteiger partial charge is 0.225 e. The lowest BCUT2D eigenvalue weighted by atomic mass is 9.94. The highest BCUT2D eigenvalue weighted by molar-refractivity contribution is 5.78. The van der Waals surface area contributed by atoms with Gasteiger partial charge in [0.25, 0.3) is 0 Å². The van der Waals surface area contributed by atoms with Crippen LogP contribution in [0.1, 0.15) is 55.7 Å². The third kappa shape index (κ3) is 4.74. The monoisotopic (exact) mass is 399 g/mol. The second-order valence-corrected chi connectivity index (χ2v) is 8.37. The van der Waals surface area contributed by atoms with Crippen molar-refractivity contribution in [2.24, 2.45) is 11.8 Å². The number of hydrogen-bond acceptors (Lipinski definition) is 4. The summed E-state index contributed by atoms with van der Waals surface area (Å²) in [5, 5.41) is 7.81. The molecule has 1 amide bonds. The minimum Gasteiger partial charge on any atom is -0.490 e. The molecule has 6 nitrogen and oxygen atoms in total. The summed E-state index contributed by atoms with van der Waals surface area (Å²) in [6, 6.07) is 5.87. The number of carbonyl (C=O) groups excluding carboxylic acids is 1. The van der Waals surface area contributed by atoms with Gasteiger partial charge in [0.15, 0.2) is 11.5 Å². The largest absolute Gasteiger partial charge is 0.490 e. The van der Waals surface area contributed by atoms with Gasteiger partial charge in [-0.15, -0.1) is 0 Å². The van der Waals surface area contributed by atoms with Crippen molar-refractivity contribution in [1.29, 1.82) is 0 Å². The third-order valence-electron chi connectivity index (χ3n) is 5.73. The number of aromatic nitrogens is 2. The summed E-state index contributed by atoms with van der Waals surface area (Å²) < 4.78 is 13.5. The maximum atomic E-state index is 13.0. The third-order valence-corrected chi connectivity index (χ3v) is 5.73. The number of carbonyl (C=O) groups is 1. The molecule has 2 aromatic rings. The Balaban J connectivity index is 1.73. The second-order valence-electron chi connectivity index (χ2n) is 8.37. The summed E-state index contributed by atoms with van der Waals surface area (Å²) in [4.78, 5) is 13.0. The number of aryl methyl sites for hydroxylation is 1. The van der Waals surface area contributed by atoms with Crippen LogP contribution in [-0.2, 0) is 11.3 Å². The van der Waals surface area contributed by atoms with E-state index in [2.05, 4.69) is 38.1 Å². The molecule has 0 spiro atoms. The molecule has 1 aliphatic heterocycles. The summed E-state index contributed by atoms with van der Waals surface area (Å²) >= 11 is 0. The average Bonchev–Trinajstić information content (AvgIpc) is 2.86. The van der Waals surface area contributed by atoms with Crippen molar-refractivity contribution in [3.05, 3.63) is 40.7 Å². The molecule has 3 rings (SSSR count). The minimum atomic E-state index is -0.186. The maximum Gasteiger partial charge on any atom is 0.225 e. The van der Waals surface area contributed by atoms with Crippen LogP contribution in [0.4, 0.5) is 0 Å². The predicted octanol–water partition coefficient (Wildman–Crippen LogP) is 4.12. The van der Waals surface area contributed by atoms with E-state index in [1.54, 1.807) is 0 Å². The highest BCUT2D eigenvalue weighted by Crippen LogP contribution is 2.34. The van der Waals surface area contributed by atoms with Crippen molar-refractivity contribution in [3.8, 4) is 11.5 Å². The van der Waals surface area contributed by atoms with E-state index in [-0.39, 0.29) is 23.8 Å². The van der Waals surface area contributed by atoms with Crippen molar-refractivity contribution < 1.29 is 14.3 Å². The van der Waals surface area contributed by atoms with E-state index in [1.165, 1.54) is 5.56 Å². The van der Waals surface area contributed by atoms with Gasteiger partial charge in [0.2, 0.25) is 5.91 Å². The Labute approximate surface area is 173 Å². The Morgan fingerprint density at radius 1 is 1.14 bits per heavy atom. The van der Waals surface area contributed by atoms with Crippen LogP contribution in [0.15, 0.2) is 18.2 Å². The molecule has 0 aliphatic carbocycles. The number of rotatable bonds is 6. The summed E-state index contributed by atoms with van der Waals surface area (Å²) in [5.74, 6) is 1.61. The van der Waals surface area contributed by atoms with Gasteiger partial charge in [0.1, 0.15) is 0 Å². The van der Waals surface area contributed by atoms with Crippen LogP contribution in [0.25, 0.3) is 0 Å². The van der Waals surface area contributed by atoms with Crippen LogP contribution >= 0.6 is 0 Å². The van der Waals surface area contributed by atoms with Gasteiger partial charge in [-0.05, 0) is 49.9 Å². The van der Waals surface area contributed by atoms with Gasteiger partial charge in [-0.25, -0.2) is 0 Å². The Bertz CT molecular complexity index is 872. The fraction of sp³-hybridized carbons (Fsp3) is 0.565. The van der Waals surface area contributed by atoms with Gasteiger partial charge < -0.3 is 14.8 Å². The first-order chi connectivity index (χ1) is 13.8. The van der Waals surface area contributed by atoms with E-state index in [1.807, 2.05) is 36.7 Å². The predicted molar refractivity (Wildman–Crippen MR) is 113 cm³/mol. The molecule has 2 heterocycles. The lowest BCUT2D eigenvalue weighted by Crippen LogP contribution is -2.37. The van der Waals surface area contributed by atoms with Crippen LogP contribution in [0.2, 0.25) is 0 Å². The Hall–Kier alpha value is -2.50. The van der Waals surface area contributed by atoms with E-state index >= 15 is 0 Å². The molecule has 158 valence electrons. The molecule has 0 fully saturated rings. The lowest BCUT2D eigenvalue weighted by molar-refractivity contribution is -0.126. The van der Waals surface area contributed by atoms with E-state index in [0.717, 1.165) is 34.9 Å². The normalized spacial score (nSPS) is 15.7. The summed E-state index contributed by atoms with van der Waals surface area (Å²) in [6.07, 6.45) is 0.873. The van der Waals surface area contributed by atoms with Gasteiger partial charge in [-0.2, -0.15) is 5.10 Å². The van der Waals surface area contributed by atoms with E-state index < -0.39 is 0 Å². The van der Waals surface area contributed by atoms with Gasteiger partial charge >= 0.3 is 0 Å². The van der Waals surface area contributed by atoms with Crippen LogP contribution in [-0.4, -0.2) is 28.9 Å². The van der Waals surface area contributed by atoms with Gasteiger partial charge in [0.05, 0.1) is 37.4 Å². The number of benzene rings is 1. The standard InChI is InChI=1S/C23H33N3O3/c1-14(2)22(19-8-9-20-21(12-19)29-11-7-10-28-20)24-23(27)15(3)13-26-18(6)16(4)17(5)25-26/h8-9,12,14-15,22H,7,10-11,13H2,1-6H3,(H,24,27). The molecule has 6 heteroatoms. The molecule has 0 saturated heterocycles. The van der Waals surface area contributed by atoms with Crippen molar-refractivity contribution in [2.45, 2.75) is 60.5 Å². The Morgan fingerprint density at radius 2 is 1.83 bits per heavy atom. The zero-order valence-electron chi connectivity index (χ0n) is 18.4. The van der Waals surface area contributed by atoms with Crippen LogP contribution in [0.3, 0.4) is 0 Å². The molecule has 1 N–H and O–H groups in total. The molecule has 1 aliphatic rings. The van der Waals surface area contributed by atoms with Crippen LogP contribution in [0, 0.1) is 32.6 Å². The SMILES string of the molecule is Cc1nn(CC(C)C(=O)NC(c2ccc3c(c2)OCCCO3)C(C)C)c(C)c1C. The second kappa shape index (κ2) is 8.89. The van der Waals surface area contributed by atoms with E-state index in [4.69, 9.17) is 9.47 Å². The van der Waals surface area contributed by atoms with Crippen molar-refractivity contribution in [1.82, 2.24) is 15.1 Å². The van der Waals surface area contributed by atoms with Crippen LogP contribution < -0.4 is 14.8 Å². The minimum absolute atomic E-state index is 0.0287. The molecular weight excluding hydrogens is 366 g/mol. The van der Waals surface area contributed by atoms with Gasteiger partial charge in [-0.1, -0.05) is 26.8 Å². The van der Waals surface area contributed by atoms with E-state index in [0.29, 0.717) is 19.8 Å². The summed E-state index contributed by atoms with van der Waals surface area (Å²) in [6.45, 7) is 14.2.